The molecule has 0 aromatic carbocycles. The molecule has 0 aliphatic carbocycles. The number of esters is 1. The van der Waals surface area contributed by atoms with Gasteiger partial charge in [-0.15, -0.1) is 0 Å². The molecule has 112 valence electrons. The van der Waals surface area contributed by atoms with Gasteiger partial charge in [-0.05, 0) is 39.4 Å². The van der Waals surface area contributed by atoms with Crippen molar-refractivity contribution < 1.29 is 14.1 Å². The van der Waals surface area contributed by atoms with Gasteiger partial charge in [0.25, 0.3) is 0 Å². The topological polar surface area (TPSA) is 68.5 Å². The first-order valence-corrected chi connectivity index (χ1v) is 7.28. The van der Waals surface area contributed by atoms with Crippen molar-refractivity contribution in [3.8, 4) is 0 Å². The van der Waals surface area contributed by atoms with Gasteiger partial charge >= 0.3 is 5.97 Å². The van der Waals surface area contributed by atoms with E-state index in [4.69, 9.17) is 9.26 Å². The minimum atomic E-state index is -0.325. The highest BCUT2D eigenvalue weighted by atomic mass is 16.5. The summed E-state index contributed by atoms with van der Waals surface area (Å²) in [4.78, 5) is 18.2. The van der Waals surface area contributed by atoms with Crippen molar-refractivity contribution in [3.63, 3.8) is 0 Å². The summed E-state index contributed by atoms with van der Waals surface area (Å²) in [6, 6.07) is 0. The summed E-state index contributed by atoms with van der Waals surface area (Å²) in [5.41, 5.74) is -0.0535. The van der Waals surface area contributed by atoms with Crippen LogP contribution in [0, 0.1) is 0 Å². The molecule has 0 N–H and O–H groups in total. The predicted octanol–water partition coefficient (Wildman–Crippen LogP) is 1.55. The largest absolute Gasteiger partial charge is 0.466 e. The molecule has 0 saturated carbocycles. The number of carbonyl (C=O) groups excluding carboxylic acids is 1. The molecule has 0 radical (unpaired) electrons. The van der Waals surface area contributed by atoms with Crippen molar-refractivity contribution in [3.05, 3.63) is 11.7 Å². The molecule has 6 nitrogen and oxygen atoms in total. The van der Waals surface area contributed by atoms with Gasteiger partial charge in [-0.3, -0.25) is 4.79 Å². The van der Waals surface area contributed by atoms with E-state index in [1.165, 1.54) is 0 Å². The third-order valence-corrected chi connectivity index (χ3v) is 4.02. The Morgan fingerprint density at radius 3 is 2.70 bits per heavy atom. The van der Waals surface area contributed by atoms with Crippen LogP contribution in [0.15, 0.2) is 4.52 Å². The molecule has 2 rings (SSSR count). The van der Waals surface area contributed by atoms with Gasteiger partial charge in [-0.2, -0.15) is 4.98 Å². The lowest BCUT2D eigenvalue weighted by Gasteiger charge is -2.36. The molecule has 1 aliphatic heterocycles. The normalized spacial score (nSPS) is 18.9. The monoisotopic (exact) mass is 281 g/mol. The van der Waals surface area contributed by atoms with Crippen molar-refractivity contribution in [1.82, 2.24) is 15.0 Å². The Kier molecular flexibility index (Phi) is 4.75. The fourth-order valence-electron chi connectivity index (χ4n) is 2.49. The first-order valence-electron chi connectivity index (χ1n) is 7.28. The lowest BCUT2D eigenvalue weighted by molar-refractivity contribution is -0.142. The minimum Gasteiger partial charge on any atom is -0.466 e. The number of rotatable bonds is 5. The Morgan fingerprint density at radius 2 is 2.10 bits per heavy atom. The van der Waals surface area contributed by atoms with Crippen LogP contribution in [0.1, 0.15) is 45.3 Å². The van der Waals surface area contributed by atoms with Crippen LogP contribution in [0.2, 0.25) is 0 Å². The second-order valence-corrected chi connectivity index (χ2v) is 5.49. The molecule has 1 aromatic rings. The fraction of sp³-hybridized carbons (Fsp3) is 0.786. The first-order chi connectivity index (χ1) is 9.57. The Hall–Kier alpha value is -1.43. The molecule has 2 heterocycles. The van der Waals surface area contributed by atoms with E-state index < -0.39 is 0 Å². The van der Waals surface area contributed by atoms with Crippen molar-refractivity contribution in [1.29, 1.82) is 0 Å². The molecule has 0 unspecified atom stereocenters. The number of ether oxygens (including phenoxy) is 1. The highest BCUT2D eigenvalue weighted by Crippen LogP contribution is 2.33. The van der Waals surface area contributed by atoms with E-state index in [2.05, 4.69) is 28.9 Å². The molecule has 0 bridgehead atoms. The zero-order valence-corrected chi connectivity index (χ0v) is 12.5. The van der Waals surface area contributed by atoms with E-state index >= 15 is 0 Å². The molecule has 0 atom stereocenters. The van der Waals surface area contributed by atoms with Gasteiger partial charge in [0.2, 0.25) is 5.89 Å². The Labute approximate surface area is 119 Å². The van der Waals surface area contributed by atoms with E-state index in [0.29, 0.717) is 18.3 Å². The van der Waals surface area contributed by atoms with Gasteiger partial charge in [-0.1, -0.05) is 19.0 Å². The van der Waals surface area contributed by atoms with E-state index in [-0.39, 0.29) is 17.8 Å². The third-order valence-electron chi connectivity index (χ3n) is 4.02. The first kappa shape index (κ1) is 15.0. The molecular formula is C14H23N3O3. The van der Waals surface area contributed by atoms with Crippen LogP contribution in [0.4, 0.5) is 0 Å². The quantitative estimate of drug-likeness (QED) is 0.763. The van der Waals surface area contributed by atoms with Crippen molar-refractivity contribution in [2.24, 2.45) is 0 Å². The zero-order chi connectivity index (χ0) is 14.6. The molecule has 1 fully saturated rings. The Bertz CT molecular complexity index is 450. The smallest absolute Gasteiger partial charge is 0.315 e. The van der Waals surface area contributed by atoms with E-state index in [1.54, 1.807) is 6.92 Å². The molecule has 0 amide bonds. The molecule has 6 heteroatoms. The van der Waals surface area contributed by atoms with Crippen LogP contribution >= 0.6 is 0 Å². The van der Waals surface area contributed by atoms with Crippen LogP contribution in [0.5, 0.6) is 0 Å². The van der Waals surface area contributed by atoms with Gasteiger partial charge in [0, 0.05) is 5.41 Å². The summed E-state index contributed by atoms with van der Waals surface area (Å²) in [7, 11) is 0. The number of hydrogen-bond acceptors (Lipinski definition) is 6. The standard InChI is InChI=1S/C14H23N3O3/c1-4-17-8-6-14(3,7-9-17)13-15-11(20-16-13)10-12(18)19-5-2/h4-10H2,1-3H3. The van der Waals surface area contributed by atoms with Gasteiger partial charge in [0.05, 0.1) is 6.61 Å². The number of hydrogen-bond donors (Lipinski definition) is 0. The second-order valence-electron chi connectivity index (χ2n) is 5.49. The summed E-state index contributed by atoms with van der Waals surface area (Å²) in [6.45, 7) is 9.66. The minimum absolute atomic E-state index is 0.0535. The summed E-state index contributed by atoms with van der Waals surface area (Å²) in [5, 5.41) is 4.06. The van der Waals surface area contributed by atoms with Crippen LogP contribution < -0.4 is 0 Å². The van der Waals surface area contributed by atoms with Gasteiger partial charge < -0.3 is 14.2 Å². The lowest BCUT2D eigenvalue weighted by atomic mass is 9.79. The second kappa shape index (κ2) is 6.35. The van der Waals surface area contributed by atoms with Gasteiger partial charge in [-0.25, -0.2) is 0 Å². The lowest BCUT2D eigenvalue weighted by Crippen LogP contribution is -2.41. The Morgan fingerprint density at radius 1 is 1.40 bits per heavy atom. The van der Waals surface area contributed by atoms with Crippen molar-refractivity contribution in [2.75, 3.05) is 26.2 Å². The number of piperidine rings is 1. The summed E-state index contributed by atoms with van der Waals surface area (Å²) >= 11 is 0. The number of aromatic nitrogens is 2. The highest BCUT2D eigenvalue weighted by Gasteiger charge is 2.35. The van der Waals surface area contributed by atoms with Crippen LogP contribution in [-0.4, -0.2) is 47.3 Å². The van der Waals surface area contributed by atoms with Gasteiger partial charge in [0.1, 0.15) is 6.42 Å². The third kappa shape index (κ3) is 3.36. The summed E-state index contributed by atoms with van der Waals surface area (Å²) < 4.78 is 10.1. The van der Waals surface area contributed by atoms with Gasteiger partial charge in [0.15, 0.2) is 5.82 Å². The maximum atomic E-state index is 11.4. The molecule has 20 heavy (non-hydrogen) atoms. The van der Waals surface area contributed by atoms with Crippen molar-refractivity contribution in [2.45, 2.75) is 45.4 Å². The molecule has 1 saturated heterocycles. The summed E-state index contributed by atoms with van der Waals surface area (Å²) in [5.74, 6) is 0.735. The predicted molar refractivity (Wildman–Crippen MR) is 73.3 cm³/mol. The average molecular weight is 281 g/mol. The number of nitrogens with zero attached hydrogens (tertiary/aromatic N) is 3. The highest BCUT2D eigenvalue weighted by molar-refractivity contribution is 5.71. The molecule has 0 spiro atoms. The maximum Gasteiger partial charge on any atom is 0.315 e. The average Bonchev–Trinajstić information content (AvgIpc) is 2.89. The van der Waals surface area contributed by atoms with Crippen LogP contribution in [-0.2, 0) is 21.4 Å². The van der Waals surface area contributed by atoms with E-state index in [0.717, 1.165) is 32.5 Å². The van der Waals surface area contributed by atoms with Crippen molar-refractivity contribution >= 4 is 5.97 Å². The summed E-state index contributed by atoms with van der Waals surface area (Å²) in [6.07, 6.45) is 2.08. The zero-order valence-electron chi connectivity index (χ0n) is 12.5. The molecule has 1 aromatic heterocycles. The van der Waals surface area contributed by atoms with E-state index in [9.17, 15) is 4.79 Å². The molecule has 1 aliphatic rings. The SMILES string of the molecule is CCOC(=O)Cc1nc(C2(C)CCN(CC)CC2)no1. The maximum absolute atomic E-state index is 11.4. The number of likely N-dealkylation sites (tertiary alicyclic amines) is 1. The molecular weight excluding hydrogens is 258 g/mol. The fourth-order valence-corrected chi connectivity index (χ4v) is 2.49. The number of carbonyl (C=O) groups is 1. The van der Waals surface area contributed by atoms with Crippen LogP contribution in [0.25, 0.3) is 0 Å². The van der Waals surface area contributed by atoms with E-state index in [1.807, 2.05) is 0 Å². The van der Waals surface area contributed by atoms with Crippen LogP contribution in [0.3, 0.4) is 0 Å². The Balaban J connectivity index is 1.99.